The number of nitrogens with zero attached hydrogens (tertiary/aromatic N) is 2. The molecular weight excluding hydrogens is 198 g/mol. The van der Waals surface area contributed by atoms with Crippen LogP contribution < -0.4 is 5.32 Å². The summed E-state index contributed by atoms with van der Waals surface area (Å²) in [6.07, 6.45) is 0. The zero-order valence-corrected chi connectivity index (χ0v) is 9.81. The summed E-state index contributed by atoms with van der Waals surface area (Å²) < 4.78 is 0. The zero-order valence-electron chi connectivity index (χ0n) is 9.06. The fraction of sp³-hybridized carbons (Fsp3) is 0.600. The van der Waals surface area contributed by atoms with Gasteiger partial charge < -0.3 is 5.32 Å². The molecule has 1 aromatic rings. The van der Waals surface area contributed by atoms with Crippen molar-refractivity contribution < 1.29 is 0 Å². The molecule has 1 heterocycles. The predicted octanol–water partition coefficient (Wildman–Crippen LogP) is 2.86. The van der Waals surface area contributed by atoms with E-state index in [4.69, 9.17) is 11.6 Å². The van der Waals surface area contributed by atoms with Crippen molar-refractivity contribution in [1.29, 1.82) is 0 Å². The molecule has 4 heteroatoms. The van der Waals surface area contributed by atoms with Crippen molar-refractivity contribution in [2.24, 2.45) is 0 Å². The van der Waals surface area contributed by atoms with E-state index < -0.39 is 0 Å². The molecule has 0 aliphatic carbocycles. The topological polar surface area (TPSA) is 37.8 Å². The largest absolute Gasteiger partial charge is 0.370 e. The van der Waals surface area contributed by atoms with Gasteiger partial charge in [0.15, 0.2) is 0 Å². The highest BCUT2D eigenvalue weighted by molar-refractivity contribution is 6.29. The van der Waals surface area contributed by atoms with E-state index in [1.54, 1.807) is 6.07 Å². The molecule has 78 valence electrons. The van der Waals surface area contributed by atoms with Gasteiger partial charge in [0.05, 0.1) is 0 Å². The monoisotopic (exact) mass is 213 g/mol. The number of anilines is 1. The fourth-order valence-electron chi connectivity index (χ4n) is 1.02. The number of aromatic nitrogens is 2. The van der Waals surface area contributed by atoms with Crippen molar-refractivity contribution in [3.8, 4) is 0 Å². The molecule has 1 N–H and O–H groups in total. The molecule has 1 aromatic heterocycles. The molecule has 0 aliphatic rings. The van der Waals surface area contributed by atoms with Gasteiger partial charge in [0, 0.05) is 18.0 Å². The number of hydrogen-bond acceptors (Lipinski definition) is 3. The molecule has 1 rings (SSSR count). The molecule has 0 radical (unpaired) electrons. The molecular formula is C10H16ClN3. The van der Waals surface area contributed by atoms with Crippen molar-refractivity contribution in [2.45, 2.75) is 33.1 Å². The van der Waals surface area contributed by atoms with Crippen LogP contribution >= 0.6 is 11.6 Å². The highest BCUT2D eigenvalue weighted by Crippen LogP contribution is 2.21. The average molecular weight is 214 g/mol. The maximum Gasteiger partial charge on any atom is 0.137 e. The lowest BCUT2D eigenvalue weighted by Gasteiger charge is -2.17. The molecule has 0 aromatic carbocycles. The summed E-state index contributed by atoms with van der Waals surface area (Å²) in [6.45, 7) is 9.04. The van der Waals surface area contributed by atoms with Crippen molar-refractivity contribution in [2.75, 3.05) is 11.9 Å². The minimum Gasteiger partial charge on any atom is -0.370 e. The van der Waals surface area contributed by atoms with E-state index >= 15 is 0 Å². The molecule has 0 saturated heterocycles. The summed E-state index contributed by atoms with van der Waals surface area (Å²) in [5, 5.41) is 3.61. The second kappa shape index (κ2) is 4.13. The lowest BCUT2D eigenvalue weighted by atomic mass is 9.96. The van der Waals surface area contributed by atoms with Crippen LogP contribution in [-0.4, -0.2) is 16.5 Å². The van der Waals surface area contributed by atoms with Gasteiger partial charge in [0.2, 0.25) is 0 Å². The first-order chi connectivity index (χ1) is 6.43. The van der Waals surface area contributed by atoms with Crippen LogP contribution in [0.5, 0.6) is 0 Å². The molecule has 3 nitrogen and oxygen atoms in total. The molecule has 0 amide bonds. The van der Waals surface area contributed by atoms with E-state index in [1.807, 2.05) is 6.92 Å². The van der Waals surface area contributed by atoms with Gasteiger partial charge >= 0.3 is 0 Å². The second-order valence-electron chi connectivity index (χ2n) is 4.18. The number of halogens is 1. The van der Waals surface area contributed by atoms with Crippen LogP contribution in [0, 0.1) is 0 Å². The lowest BCUT2D eigenvalue weighted by Crippen LogP contribution is -2.17. The van der Waals surface area contributed by atoms with Gasteiger partial charge in [-0.15, -0.1) is 0 Å². The zero-order chi connectivity index (χ0) is 10.8. The number of hydrogen-bond donors (Lipinski definition) is 1. The van der Waals surface area contributed by atoms with Gasteiger partial charge in [-0.3, -0.25) is 0 Å². The van der Waals surface area contributed by atoms with E-state index in [-0.39, 0.29) is 5.41 Å². The molecule has 0 saturated carbocycles. The lowest BCUT2D eigenvalue weighted by molar-refractivity contribution is 0.546. The van der Waals surface area contributed by atoms with Crippen LogP contribution in [0.1, 0.15) is 33.5 Å². The Morgan fingerprint density at radius 3 is 2.50 bits per heavy atom. The van der Waals surface area contributed by atoms with E-state index in [1.165, 1.54) is 0 Å². The first kappa shape index (κ1) is 11.2. The Balaban J connectivity index is 3.07. The summed E-state index contributed by atoms with van der Waals surface area (Å²) in [6, 6.07) is 1.74. The second-order valence-corrected chi connectivity index (χ2v) is 4.57. The maximum atomic E-state index is 5.90. The summed E-state index contributed by atoms with van der Waals surface area (Å²) in [5.41, 5.74) is -0.0743. The smallest absolute Gasteiger partial charge is 0.137 e. The summed E-state index contributed by atoms with van der Waals surface area (Å²) >= 11 is 5.90. The van der Waals surface area contributed by atoms with E-state index in [0.717, 1.165) is 18.2 Å². The summed E-state index contributed by atoms with van der Waals surface area (Å²) in [5.74, 6) is 1.55. The van der Waals surface area contributed by atoms with E-state index in [2.05, 4.69) is 36.1 Å². The van der Waals surface area contributed by atoms with Gasteiger partial charge in [-0.05, 0) is 6.92 Å². The SMILES string of the molecule is CCNc1cc(Cl)nc(C(C)(C)C)n1. The van der Waals surface area contributed by atoms with Crippen LogP contribution in [0.2, 0.25) is 5.15 Å². The minimum absolute atomic E-state index is 0.0743. The number of rotatable bonds is 2. The van der Waals surface area contributed by atoms with Crippen LogP contribution in [0.4, 0.5) is 5.82 Å². The minimum atomic E-state index is -0.0743. The molecule has 0 aliphatic heterocycles. The third kappa shape index (κ3) is 2.84. The summed E-state index contributed by atoms with van der Waals surface area (Å²) in [4.78, 5) is 8.59. The molecule has 14 heavy (non-hydrogen) atoms. The average Bonchev–Trinajstić information content (AvgIpc) is 2.02. The highest BCUT2D eigenvalue weighted by atomic mass is 35.5. The number of nitrogens with one attached hydrogen (secondary N) is 1. The van der Waals surface area contributed by atoms with E-state index in [0.29, 0.717) is 5.15 Å². The Morgan fingerprint density at radius 2 is 2.00 bits per heavy atom. The van der Waals surface area contributed by atoms with Crippen LogP contribution in [-0.2, 0) is 5.41 Å². The summed E-state index contributed by atoms with van der Waals surface area (Å²) in [7, 11) is 0. The van der Waals surface area contributed by atoms with Gasteiger partial charge in [0.1, 0.15) is 16.8 Å². The van der Waals surface area contributed by atoms with E-state index in [9.17, 15) is 0 Å². The van der Waals surface area contributed by atoms with Crippen LogP contribution in [0.25, 0.3) is 0 Å². The van der Waals surface area contributed by atoms with Crippen molar-refractivity contribution in [3.63, 3.8) is 0 Å². The quantitative estimate of drug-likeness (QED) is 0.768. The van der Waals surface area contributed by atoms with Crippen LogP contribution in [0.3, 0.4) is 0 Å². The molecule has 0 fully saturated rings. The third-order valence-corrected chi connectivity index (χ3v) is 1.92. The van der Waals surface area contributed by atoms with Gasteiger partial charge in [0.25, 0.3) is 0 Å². The Bertz CT molecular complexity index is 318. The highest BCUT2D eigenvalue weighted by Gasteiger charge is 2.18. The van der Waals surface area contributed by atoms with Crippen LogP contribution in [0.15, 0.2) is 6.07 Å². The van der Waals surface area contributed by atoms with Gasteiger partial charge in [-0.2, -0.15) is 0 Å². The first-order valence-corrected chi connectivity index (χ1v) is 5.10. The molecule has 0 bridgehead atoms. The van der Waals surface area contributed by atoms with Crippen molar-refractivity contribution in [1.82, 2.24) is 9.97 Å². The molecule has 0 atom stereocenters. The first-order valence-electron chi connectivity index (χ1n) is 4.72. The maximum absolute atomic E-state index is 5.90. The van der Waals surface area contributed by atoms with Crippen molar-refractivity contribution >= 4 is 17.4 Å². The van der Waals surface area contributed by atoms with Gasteiger partial charge in [-0.25, -0.2) is 9.97 Å². The predicted molar refractivity (Wildman–Crippen MR) is 59.9 cm³/mol. The van der Waals surface area contributed by atoms with Gasteiger partial charge in [-0.1, -0.05) is 32.4 Å². The molecule has 0 unspecified atom stereocenters. The normalized spacial score (nSPS) is 11.5. The fourth-order valence-corrected chi connectivity index (χ4v) is 1.21. The Morgan fingerprint density at radius 1 is 1.36 bits per heavy atom. The third-order valence-electron chi connectivity index (χ3n) is 1.72. The molecule has 0 spiro atoms. The van der Waals surface area contributed by atoms with Crippen molar-refractivity contribution in [3.05, 3.63) is 17.0 Å². The Labute approximate surface area is 89.9 Å². The standard InChI is InChI=1S/C10H16ClN3/c1-5-12-8-6-7(11)13-9(14-8)10(2,3)4/h6H,5H2,1-4H3,(H,12,13,14). The Hall–Kier alpha value is -0.830. The Kier molecular flexibility index (Phi) is 3.32.